The van der Waals surface area contributed by atoms with Gasteiger partial charge in [0.1, 0.15) is 42.7 Å². The minimum Gasteiger partial charge on any atom is -0.394 e. The zero-order valence-electron chi connectivity index (χ0n) is 13.9. The highest BCUT2D eigenvalue weighted by atomic mass is 16.6. The maximum absolute atomic E-state index is 11.5. The molecule has 7 atom stereocenters. The number of aromatic amines is 2. The minimum absolute atomic E-state index is 0.00731. The van der Waals surface area contributed by atoms with Crippen LogP contribution >= 0.6 is 0 Å². The molecule has 0 radical (unpaired) electrons. The fourth-order valence-electron chi connectivity index (χ4n) is 2.20. The number of hydrogen-bond donors (Lipinski definition) is 9. The van der Waals surface area contributed by atoms with Crippen LogP contribution in [-0.2, 0) is 9.53 Å². The Balaban J connectivity index is 0.000000314. The Bertz CT molecular complexity index is 705. The third-order valence-electron chi connectivity index (χ3n) is 3.77. The average Bonchev–Trinajstić information content (AvgIpc) is 2.94. The van der Waals surface area contributed by atoms with Crippen LogP contribution in [0.25, 0.3) is 0 Å². The second kappa shape index (κ2) is 10.4. The Labute approximate surface area is 151 Å². The summed E-state index contributed by atoms with van der Waals surface area (Å²) in [6.07, 6.45) is -8.17. The number of ether oxygens (including phenoxy) is 1. The summed E-state index contributed by atoms with van der Waals surface area (Å²) in [6.45, 7) is -1.16. The molecule has 1 aliphatic rings. The lowest BCUT2D eigenvalue weighted by Gasteiger charge is -2.16. The Morgan fingerprint density at radius 2 is 1.78 bits per heavy atom. The summed E-state index contributed by atoms with van der Waals surface area (Å²) in [4.78, 5) is 36.3. The molecule has 2 rings (SSSR count). The highest BCUT2D eigenvalue weighted by Gasteiger charge is 2.44. The van der Waals surface area contributed by atoms with Crippen LogP contribution in [0.5, 0.6) is 0 Å². The first-order chi connectivity index (χ1) is 12.7. The molecular weight excluding hydrogens is 372 g/mol. The number of aliphatic hydroxyl groups is 7. The Morgan fingerprint density at radius 1 is 1.15 bits per heavy atom. The SMILES string of the molecule is O=CC(O)C(O)C(O)CO.O=c1[nH]cc([C@@H]2O[C@H](CO)[C@@H](O)[C@H]2O)c(=O)[nH]1. The van der Waals surface area contributed by atoms with E-state index in [9.17, 15) is 24.6 Å². The quantitative estimate of drug-likeness (QED) is 0.206. The fourth-order valence-corrected chi connectivity index (χ4v) is 2.20. The zero-order chi connectivity index (χ0) is 20.7. The normalized spacial score (nSPS) is 28.0. The number of aliphatic hydroxyl groups excluding tert-OH is 7. The number of aldehydes is 1. The molecular formula is C14H22N2O11. The van der Waals surface area contributed by atoms with E-state index in [0.29, 0.717) is 0 Å². The van der Waals surface area contributed by atoms with Gasteiger partial charge in [-0.3, -0.25) is 9.78 Å². The van der Waals surface area contributed by atoms with Gasteiger partial charge in [-0.25, -0.2) is 4.79 Å². The van der Waals surface area contributed by atoms with Gasteiger partial charge in [0, 0.05) is 6.20 Å². The summed E-state index contributed by atoms with van der Waals surface area (Å²) in [7, 11) is 0. The van der Waals surface area contributed by atoms with E-state index in [2.05, 4.69) is 4.98 Å². The van der Waals surface area contributed by atoms with E-state index >= 15 is 0 Å². The summed E-state index contributed by atoms with van der Waals surface area (Å²) in [5.41, 5.74) is -1.39. The number of hydrogen-bond acceptors (Lipinski definition) is 11. The molecule has 0 bridgehead atoms. The van der Waals surface area contributed by atoms with E-state index in [0.717, 1.165) is 6.20 Å². The molecule has 13 nitrogen and oxygen atoms in total. The number of carbonyl (C=O) groups is 1. The summed E-state index contributed by atoms with van der Waals surface area (Å²) in [5.74, 6) is 0. The molecule has 1 aromatic heterocycles. The molecule has 1 fully saturated rings. The van der Waals surface area contributed by atoms with Crippen molar-refractivity contribution in [3.8, 4) is 0 Å². The summed E-state index contributed by atoms with van der Waals surface area (Å²) < 4.78 is 5.15. The van der Waals surface area contributed by atoms with E-state index in [4.69, 9.17) is 30.3 Å². The maximum atomic E-state index is 11.5. The summed E-state index contributed by atoms with van der Waals surface area (Å²) in [6, 6.07) is 0. The van der Waals surface area contributed by atoms with Crippen molar-refractivity contribution in [2.75, 3.05) is 13.2 Å². The third kappa shape index (κ3) is 5.75. The first-order valence-corrected chi connectivity index (χ1v) is 7.72. The van der Waals surface area contributed by atoms with Crippen molar-refractivity contribution < 1.29 is 45.3 Å². The molecule has 0 aliphatic carbocycles. The Hall–Kier alpha value is -1.97. The van der Waals surface area contributed by atoms with Crippen molar-refractivity contribution in [2.45, 2.75) is 42.7 Å². The van der Waals surface area contributed by atoms with E-state index in [-0.39, 0.29) is 11.8 Å². The van der Waals surface area contributed by atoms with Crippen LogP contribution in [0.1, 0.15) is 11.7 Å². The molecule has 0 spiro atoms. The molecule has 0 saturated carbocycles. The van der Waals surface area contributed by atoms with Crippen LogP contribution in [0.4, 0.5) is 0 Å². The van der Waals surface area contributed by atoms with Crippen LogP contribution in [0.2, 0.25) is 0 Å². The van der Waals surface area contributed by atoms with E-state index in [1.165, 1.54) is 0 Å². The molecule has 1 aliphatic heterocycles. The van der Waals surface area contributed by atoms with Crippen molar-refractivity contribution in [3.63, 3.8) is 0 Å². The van der Waals surface area contributed by atoms with E-state index in [1.54, 1.807) is 0 Å². The van der Waals surface area contributed by atoms with Gasteiger partial charge < -0.3 is 50.3 Å². The first-order valence-electron chi connectivity index (χ1n) is 7.72. The van der Waals surface area contributed by atoms with E-state index < -0.39 is 67.2 Å². The molecule has 1 saturated heterocycles. The van der Waals surface area contributed by atoms with Gasteiger partial charge in [0.25, 0.3) is 5.56 Å². The van der Waals surface area contributed by atoms with Crippen molar-refractivity contribution >= 4 is 6.29 Å². The third-order valence-corrected chi connectivity index (χ3v) is 3.77. The first kappa shape index (κ1) is 23.1. The summed E-state index contributed by atoms with van der Waals surface area (Å²) in [5, 5.41) is 62.1. The van der Waals surface area contributed by atoms with Gasteiger partial charge in [-0.2, -0.15) is 0 Å². The molecule has 3 unspecified atom stereocenters. The van der Waals surface area contributed by atoms with Gasteiger partial charge in [0.05, 0.1) is 18.8 Å². The second-order valence-electron chi connectivity index (χ2n) is 5.65. The molecule has 1 aromatic rings. The fraction of sp³-hybridized carbons (Fsp3) is 0.643. The highest BCUT2D eigenvalue weighted by Crippen LogP contribution is 2.31. The lowest BCUT2D eigenvalue weighted by atomic mass is 10.0. The van der Waals surface area contributed by atoms with Gasteiger partial charge in [0.2, 0.25) is 0 Å². The topological polar surface area (TPSA) is 234 Å². The predicted molar refractivity (Wildman–Crippen MR) is 85.6 cm³/mol. The van der Waals surface area contributed by atoms with Crippen molar-refractivity contribution in [1.29, 1.82) is 0 Å². The Morgan fingerprint density at radius 3 is 2.22 bits per heavy atom. The largest absolute Gasteiger partial charge is 0.394 e. The van der Waals surface area contributed by atoms with Crippen molar-refractivity contribution in [2.24, 2.45) is 0 Å². The van der Waals surface area contributed by atoms with Crippen LogP contribution in [-0.4, -0.2) is 102 Å². The van der Waals surface area contributed by atoms with Crippen LogP contribution in [0, 0.1) is 0 Å². The monoisotopic (exact) mass is 394 g/mol. The van der Waals surface area contributed by atoms with Crippen molar-refractivity contribution in [3.05, 3.63) is 32.6 Å². The zero-order valence-corrected chi connectivity index (χ0v) is 13.9. The smallest absolute Gasteiger partial charge is 0.325 e. The molecule has 0 amide bonds. The number of carbonyl (C=O) groups excluding carboxylic acids is 1. The molecule has 9 N–H and O–H groups in total. The number of nitrogens with one attached hydrogen (secondary N) is 2. The van der Waals surface area contributed by atoms with Crippen molar-refractivity contribution in [1.82, 2.24) is 9.97 Å². The van der Waals surface area contributed by atoms with Gasteiger partial charge >= 0.3 is 5.69 Å². The standard InChI is InChI=1S/C9H12N2O6.C5H10O5/c12-2-4-5(13)6(14)7(17-4)3-1-10-9(16)11-8(3)15;6-1-3(8)5(10)4(9)2-7/h1,4-7,12-14H,2H2,(H2,10,11,15,16);1,3-5,7-10H,2H2/t4-,5-,6-,7+;/m1./s1. The lowest BCUT2D eigenvalue weighted by Crippen LogP contribution is -2.40. The predicted octanol–water partition coefficient (Wildman–Crippen LogP) is -5.52. The molecule has 0 aromatic carbocycles. The summed E-state index contributed by atoms with van der Waals surface area (Å²) >= 11 is 0. The van der Waals surface area contributed by atoms with Crippen LogP contribution in [0.3, 0.4) is 0 Å². The highest BCUT2D eigenvalue weighted by molar-refractivity contribution is 5.56. The lowest BCUT2D eigenvalue weighted by molar-refractivity contribution is -0.127. The molecule has 13 heteroatoms. The van der Waals surface area contributed by atoms with Crippen LogP contribution < -0.4 is 11.2 Å². The molecule has 27 heavy (non-hydrogen) atoms. The van der Waals surface area contributed by atoms with Gasteiger partial charge in [-0.1, -0.05) is 0 Å². The number of aromatic nitrogens is 2. The van der Waals surface area contributed by atoms with E-state index in [1.807, 2.05) is 4.98 Å². The molecule has 2 heterocycles. The van der Waals surface area contributed by atoms with Crippen LogP contribution in [0.15, 0.2) is 15.8 Å². The maximum Gasteiger partial charge on any atom is 0.325 e. The number of H-pyrrole nitrogens is 2. The number of rotatable bonds is 6. The second-order valence-corrected chi connectivity index (χ2v) is 5.65. The van der Waals surface area contributed by atoms with Gasteiger partial charge in [-0.05, 0) is 0 Å². The molecule has 154 valence electrons. The minimum atomic E-state index is -1.64. The average molecular weight is 394 g/mol. The Kier molecular flexibility index (Phi) is 8.87. The van der Waals surface area contributed by atoms with Gasteiger partial charge in [-0.15, -0.1) is 0 Å². The van der Waals surface area contributed by atoms with Gasteiger partial charge in [0.15, 0.2) is 6.29 Å².